The van der Waals surface area contributed by atoms with Gasteiger partial charge in [-0.3, -0.25) is 4.79 Å². The van der Waals surface area contributed by atoms with Crippen LogP contribution in [0.3, 0.4) is 0 Å². The molecule has 0 aromatic heterocycles. The molecule has 2 nitrogen and oxygen atoms in total. The Hall–Kier alpha value is -1.31. The Bertz CT molecular complexity index is 296. The smallest absolute Gasteiger partial charge is 0.311 e. The third kappa shape index (κ3) is 5.54. The first-order valence-electron chi connectivity index (χ1n) is 5.71. The van der Waals surface area contributed by atoms with Crippen LogP contribution >= 0.6 is 0 Å². The largest absolute Gasteiger partial charge is 0.460 e. The van der Waals surface area contributed by atoms with E-state index in [0.717, 1.165) is 5.56 Å². The van der Waals surface area contributed by atoms with E-state index in [9.17, 15) is 4.79 Å². The Balaban J connectivity index is 0.00000106. The summed E-state index contributed by atoms with van der Waals surface area (Å²) in [5.74, 6) is -0.165. The molecule has 0 spiro atoms. The minimum Gasteiger partial charge on any atom is -0.460 e. The molecule has 0 saturated carbocycles. The van der Waals surface area contributed by atoms with Crippen molar-refractivity contribution in [1.29, 1.82) is 0 Å². The van der Waals surface area contributed by atoms with Gasteiger partial charge in [-0.15, -0.1) is 0 Å². The zero-order valence-electron chi connectivity index (χ0n) is 10.9. The molecule has 0 N–H and O–H groups in total. The summed E-state index contributed by atoms with van der Waals surface area (Å²) in [6.07, 6.45) is 0. The Kier molecular flexibility index (Phi) is 6.47. The topological polar surface area (TPSA) is 26.3 Å². The maximum absolute atomic E-state index is 11.4. The molecule has 1 rings (SSSR count). The van der Waals surface area contributed by atoms with Gasteiger partial charge in [0.2, 0.25) is 0 Å². The van der Waals surface area contributed by atoms with Gasteiger partial charge in [0.05, 0.1) is 5.41 Å². The molecule has 0 bridgehead atoms. The molecule has 0 heterocycles. The van der Waals surface area contributed by atoms with Gasteiger partial charge in [-0.2, -0.15) is 0 Å². The van der Waals surface area contributed by atoms with Crippen LogP contribution in [-0.2, 0) is 16.1 Å². The summed E-state index contributed by atoms with van der Waals surface area (Å²) in [7, 11) is 0. The minimum absolute atomic E-state index is 0.165. The monoisotopic (exact) mass is 222 g/mol. The van der Waals surface area contributed by atoms with E-state index in [1.165, 1.54) is 0 Å². The number of benzene rings is 1. The SMILES string of the molecule is CC.CC(C)(C)C(=O)OCc1ccccc1. The zero-order chi connectivity index (χ0) is 12.6. The number of rotatable bonds is 2. The van der Waals surface area contributed by atoms with Gasteiger partial charge < -0.3 is 4.74 Å². The molecule has 0 atom stereocenters. The van der Waals surface area contributed by atoms with Crippen molar-refractivity contribution in [1.82, 2.24) is 0 Å². The first kappa shape index (κ1) is 14.7. The van der Waals surface area contributed by atoms with Crippen LogP contribution in [0, 0.1) is 5.41 Å². The second-order valence-electron chi connectivity index (χ2n) is 4.31. The maximum atomic E-state index is 11.4. The van der Waals surface area contributed by atoms with E-state index in [4.69, 9.17) is 4.74 Å². The Morgan fingerprint density at radius 3 is 2.06 bits per heavy atom. The molecule has 0 aliphatic rings. The summed E-state index contributed by atoms with van der Waals surface area (Å²) in [5.41, 5.74) is 0.597. The molecule has 0 aliphatic heterocycles. The fourth-order valence-electron chi connectivity index (χ4n) is 0.940. The van der Waals surface area contributed by atoms with Crippen LogP contribution in [0.1, 0.15) is 40.2 Å². The molecule has 2 heteroatoms. The summed E-state index contributed by atoms with van der Waals surface area (Å²) < 4.78 is 5.15. The van der Waals surface area contributed by atoms with Crippen LogP contribution < -0.4 is 0 Å². The van der Waals surface area contributed by atoms with Crippen LogP contribution in [0.4, 0.5) is 0 Å². The number of carbonyl (C=O) groups excluding carboxylic acids is 1. The highest BCUT2D eigenvalue weighted by Crippen LogP contribution is 2.16. The zero-order valence-corrected chi connectivity index (χ0v) is 10.9. The van der Waals surface area contributed by atoms with E-state index in [1.54, 1.807) is 0 Å². The molecule has 1 aromatic carbocycles. The standard InChI is InChI=1S/C12H16O2.C2H6/c1-12(2,3)11(13)14-9-10-7-5-4-6-8-10;1-2/h4-8H,9H2,1-3H3;1-2H3. The van der Waals surface area contributed by atoms with Crippen molar-refractivity contribution in [3.05, 3.63) is 35.9 Å². The average Bonchev–Trinajstić information content (AvgIpc) is 2.28. The predicted octanol–water partition coefficient (Wildman–Crippen LogP) is 3.80. The molecule has 90 valence electrons. The number of hydrogen-bond acceptors (Lipinski definition) is 2. The number of esters is 1. The summed E-state index contributed by atoms with van der Waals surface area (Å²) in [5, 5.41) is 0. The third-order valence-electron chi connectivity index (χ3n) is 1.83. The molecule has 0 aliphatic carbocycles. The van der Waals surface area contributed by atoms with Crippen molar-refractivity contribution in [2.75, 3.05) is 0 Å². The van der Waals surface area contributed by atoms with E-state index in [1.807, 2.05) is 65.0 Å². The van der Waals surface area contributed by atoms with Crippen LogP contribution in [0.15, 0.2) is 30.3 Å². The van der Waals surface area contributed by atoms with E-state index < -0.39 is 5.41 Å². The van der Waals surface area contributed by atoms with Gasteiger partial charge in [-0.25, -0.2) is 0 Å². The highest BCUT2D eigenvalue weighted by Gasteiger charge is 2.22. The lowest BCUT2D eigenvalue weighted by molar-refractivity contribution is -0.154. The van der Waals surface area contributed by atoms with Gasteiger partial charge in [0.1, 0.15) is 6.61 Å². The first-order chi connectivity index (χ1) is 7.50. The molecule has 1 aromatic rings. The lowest BCUT2D eigenvalue weighted by Crippen LogP contribution is -2.22. The van der Waals surface area contributed by atoms with E-state index in [-0.39, 0.29) is 5.97 Å². The fourth-order valence-corrected chi connectivity index (χ4v) is 0.940. The Morgan fingerprint density at radius 1 is 1.12 bits per heavy atom. The summed E-state index contributed by atoms with van der Waals surface area (Å²) in [6, 6.07) is 9.68. The highest BCUT2D eigenvalue weighted by atomic mass is 16.5. The van der Waals surface area contributed by atoms with Crippen LogP contribution in [-0.4, -0.2) is 5.97 Å². The van der Waals surface area contributed by atoms with Crippen LogP contribution in [0.5, 0.6) is 0 Å². The molecule has 0 unspecified atom stereocenters. The quantitative estimate of drug-likeness (QED) is 0.711. The number of ether oxygens (including phenoxy) is 1. The van der Waals surface area contributed by atoms with Gasteiger partial charge in [-0.05, 0) is 26.3 Å². The predicted molar refractivity (Wildman–Crippen MR) is 67.0 cm³/mol. The van der Waals surface area contributed by atoms with Gasteiger partial charge >= 0.3 is 5.97 Å². The third-order valence-corrected chi connectivity index (χ3v) is 1.83. The van der Waals surface area contributed by atoms with Crippen molar-refractivity contribution >= 4 is 5.97 Å². The second-order valence-corrected chi connectivity index (χ2v) is 4.31. The second kappa shape index (κ2) is 7.04. The summed E-state index contributed by atoms with van der Waals surface area (Å²) in [6.45, 7) is 9.90. The lowest BCUT2D eigenvalue weighted by atomic mass is 9.97. The van der Waals surface area contributed by atoms with Crippen molar-refractivity contribution in [2.45, 2.75) is 41.2 Å². The highest BCUT2D eigenvalue weighted by molar-refractivity contribution is 5.75. The van der Waals surface area contributed by atoms with Crippen molar-refractivity contribution in [3.63, 3.8) is 0 Å². The van der Waals surface area contributed by atoms with E-state index in [0.29, 0.717) is 6.61 Å². The van der Waals surface area contributed by atoms with Crippen LogP contribution in [0.2, 0.25) is 0 Å². The molecule has 0 saturated heterocycles. The van der Waals surface area contributed by atoms with Crippen molar-refractivity contribution < 1.29 is 9.53 Å². The Labute approximate surface area is 98.6 Å². The summed E-state index contributed by atoms with van der Waals surface area (Å²) >= 11 is 0. The fraction of sp³-hybridized carbons (Fsp3) is 0.500. The van der Waals surface area contributed by atoms with Crippen molar-refractivity contribution in [3.8, 4) is 0 Å². The number of carbonyl (C=O) groups is 1. The number of hydrogen-bond donors (Lipinski definition) is 0. The van der Waals surface area contributed by atoms with E-state index in [2.05, 4.69) is 0 Å². The molecular formula is C14H22O2. The van der Waals surface area contributed by atoms with Gasteiger partial charge in [0.25, 0.3) is 0 Å². The normalized spacial score (nSPS) is 10.1. The van der Waals surface area contributed by atoms with E-state index >= 15 is 0 Å². The summed E-state index contributed by atoms with van der Waals surface area (Å²) in [4.78, 5) is 11.4. The maximum Gasteiger partial charge on any atom is 0.311 e. The molecular weight excluding hydrogens is 200 g/mol. The first-order valence-corrected chi connectivity index (χ1v) is 5.71. The van der Waals surface area contributed by atoms with Gasteiger partial charge in [0.15, 0.2) is 0 Å². The molecule has 0 amide bonds. The molecule has 0 fully saturated rings. The lowest BCUT2D eigenvalue weighted by Gasteiger charge is -2.16. The van der Waals surface area contributed by atoms with Gasteiger partial charge in [-0.1, -0.05) is 44.2 Å². The Morgan fingerprint density at radius 2 is 1.62 bits per heavy atom. The van der Waals surface area contributed by atoms with Crippen molar-refractivity contribution in [2.24, 2.45) is 5.41 Å². The van der Waals surface area contributed by atoms with Crippen LogP contribution in [0.25, 0.3) is 0 Å². The molecule has 16 heavy (non-hydrogen) atoms. The average molecular weight is 222 g/mol. The molecule has 0 radical (unpaired) electrons. The minimum atomic E-state index is -0.422. The van der Waals surface area contributed by atoms with Gasteiger partial charge in [0, 0.05) is 0 Å².